The molecule has 1 aromatic rings. The van der Waals surface area contributed by atoms with Crippen molar-refractivity contribution in [2.45, 2.75) is 13.0 Å². The highest BCUT2D eigenvalue weighted by atomic mass is 16.5. The monoisotopic (exact) mass is 175 g/mol. The first-order valence-corrected chi connectivity index (χ1v) is 4.05. The second-order valence-corrected chi connectivity index (χ2v) is 2.67. The molecular weight excluding hydrogens is 164 g/mol. The molecule has 0 aliphatic carbocycles. The van der Waals surface area contributed by atoms with Crippen LogP contribution in [0.3, 0.4) is 0 Å². The molecule has 66 valence electrons. The van der Waals surface area contributed by atoms with Gasteiger partial charge in [0.05, 0.1) is 5.56 Å². The van der Waals surface area contributed by atoms with Gasteiger partial charge in [-0.1, -0.05) is 18.2 Å². The van der Waals surface area contributed by atoms with Gasteiger partial charge in [0, 0.05) is 0 Å². The van der Waals surface area contributed by atoms with E-state index in [1.165, 1.54) is 6.08 Å². The van der Waals surface area contributed by atoms with Gasteiger partial charge in [0.1, 0.15) is 0 Å². The molecule has 0 radical (unpaired) electrons. The van der Waals surface area contributed by atoms with Gasteiger partial charge in [-0.25, -0.2) is 4.79 Å². The zero-order chi connectivity index (χ0) is 9.68. The van der Waals surface area contributed by atoms with Crippen molar-refractivity contribution in [3.05, 3.63) is 48.6 Å². The Kier molecular flexibility index (Phi) is 3.18. The minimum Gasteiger partial charge on any atom is -0.450 e. The highest BCUT2D eigenvalue weighted by Crippen LogP contribution is 2.03. The van der Waals surface area contributed by atoms with Crippen LogP contribution in [-0.4, -0.2) is 12.1 Å². The Morgan fingerprint density at radius 2 is 2.08 bits per heavy atom. The topological polar surface area (TPSA) is 26.3 Å². The van der Waals surface area contributed by atoms with Crippen LogP contribution in [0.2, 0.25) is 0 Å². The predicted octanol–water partition coefficient (Wildman–Crippen LogP) is 2.22. The largest absolute Gasteiger partial charge is 0.450 e. The molecule has 0 saturated heterocycles. The summed E-state index contributed by atoms with van der Waals surface area (Å²) in [5.41, 5.74) is 0.538. The molecule has 0 heterocycles. The number of hydrogen-bond acceptors (Lipinski definition) is 2. The SMILES string of the molecule is [CH+]=CC(C)OC(=O)c1ccccc1. The summed E-state index contributed by atoms with van der Waals surface area (Å²) in [5.74, 6) is -0.352. The van der Waals surface area contributed by atoms with Gasteiger partial charge < -0.3 is 4.74 Å². The third-order valence-electron chi connectivity index (χ3n) is 1.57. The van der Waals surface area contributed by atoms with Crippen molar-refractivity contribution in [1.82, 2.24) is 0 Å². The summed E-state index contributed by atoms with van der Waals surface area (Å²) >= 11 is 0. The van der Waals surface area contributed by atoms with E-state index < -0.39 is 0 Å². The second-order valence-electron chi connectivity index (χ2n) is 2.67. The molecule has 1 atom stereocenters. The summed E-state index contributed by atoms with van der Waals surface area (Å²) < 4.78 is 4.97. The van der Waals surface area contributed by atoms with Crippen LogP contribution in [0.5, 0.6) is 0 Å². The van der Waals surface area contributed by atoms with Crippen LogP contribution in [0.15, 0.2) is 36.4 Å². The number of rotatable bonds is 3. The summed E-state index contributed by atoms with van der Waals surface area (Å²) in [6.45, 7) is 6.91. The van der Waals surface area contributed by atoms with Gasteiger partial charge in [-0.05, 0) is 19.1 Å². The van der Waals surface area contributed by atoms with E-state index in [9.17, 15) is 4.79 Å². The first kappa shape index (κ1) is 9.43. The molecule has 0 fully saturated rings. The van der Waals surface area contributed by atoms with Gasteiger partial charge in [0.25, 0.3) is 0 Å². The molecule has 0 aliphatic heterocycles. The van der Waals surface area contributed by atoms with E-state index in [1.54, 1.807) is 31.2 Å². The van der Waals surface area contributed by atoms with Crippen molar-refractivity contribution in [3.63, 3.8) is 0 Å². The maximum Gasteiger partial charge on any atom is 0.338 e. The zero-order valence-corrected chi connectivity index (χ0v) is 7.44. The number of benzene rings is 1. The number of ether oxygens (including phenoxy) is 1. The van der Waals surface area contributed by atoms with Crippen molar-refractivity contribution >= 4 is 5.97 Å². The molecule has 0 N–H and O–H groups in total. The third kappa shape index (κ3) is 2.69. The Morgan fingerprint density at radius 3 is 2.62 bits per heavy atom. The minimum atomic E-state index is -0.354. The molecule has 1 unspecified atom stereocenters. The highest BCUT2D eigenvalue weighted by molar-refractivity contribution is 5.89. The van der Waals surface area contributed by atoms with Crippen molar-refractivity contribution in [1.29, 1.82) is 0 Å². The van der Waals surface area contributed by atoms with Crippen LogP contribution in [0.4, 0.5) is 0 Å². The first-order valence-electron chi connectivity index (χ1n) is 4.05. The molecular formula is C11H11O2+. The summed E-state index contributed by atoms with van der Waals surface area (Å²) in [6.07, 6.45) is 0.980. The Balaban J connectivity index is 2.64. The van der Waals surface area contributed by atoms with E-state index in [1.807, 2.05) is 6.07 Å². The molecule has 0 saturated carbocycles. The van der Waals surface area contributed by atoms with Crippen LogP contribution >= 0.6 is 0 Å². The lowest BCUT2D eigenvalue weighted by Gasteiger charge is -2.05. The van der Waals surface area contributed by atoms with Gasteiger partial charge in [-0.15, -0.1) is 0 Å². The minimum absolute atomic E-state index is 0.352. The summed E-state index contributed by atoms with van der Waals surface area (Å²) in [4.78, 5) is 11.3. The molecule has 13 heavy (non-hydrogen) atoms. The van der Waals surface area contributed by atoms with Gasteiger partial charge in [-0.3, -0.25) is 0 Å². The lowest BCUT2D eigenvalue weighted by atomic mass is 10.2. The Morgan fingerprint density at radius 1 is 1.46 bits per heavy atom. The Bertz CT molecular complexity index is 290. The average Bonchev–Trinajstić information content (AvgIpc) is 2.19. The van der Waals surface area contributed by atoms with Crippen molar-refractivity contribution in [3.8, 4) is 0 Å². The molecule has 2 nitrogen and oxygen atoms in total. The maximum absolute atomic E-state index is 11.3. The van der Waals surface area contributed by atoms with Gasteiger partial charge in [0.2, 0.25) is 6.58 Å². The van der Waals surface area contributed by atoms with E-state index >= 15 is 0 Å². The standard InChI is InChI=1S/C11H11O2/c1-3-9(2)13-11(12)10-7-5-4-6-8-10/h1,3-9H,2H3/q+1. The van der Waals surface area contributed by atoms with E-state index in [0.717, 1.165) is 0 Å². The average molecular weight is 175 g/mol. The third-order valence-corrected chi connectivity index (χ3v) is 1.57. The lowest BCUT2D eigenvalue weighted by Crippen LogP contribution is -2.12. The first-order chi connectivity index (χ1) is 6.24. The number of carbonyl (C=O) groups is 1. The normalized spacial score (nSPS) is 11.7. The van der Waals surface area contributed by atoms with Crippen LogP contribution in [0.1, 0.15) is 17.3 Å². The molecule has 1 rings (SSSR count). The zero-order valence-electron chi connectivity index (χ0n) is 7.44. The van der Waals surface area contributed by atoms with Crippen LogP contribution in [0.25, 0.3) is 0 Å². The van der Waals surface area contributed by atoms with Gasteiger partial charge >= 0.3 is 5.97 Å². The number of esters is 1. The van der Waals surface area contributed by atoms with E-state index in [4.69, 9.17) is 11.3 Å². The summed E-state index contributed by atoms with van der Waals surface area (Å²) in [7, 11) is 0. The van der Waals surface area contributed by atoms with E-state index in [-0.39, 0.29) is 12.1 Å². The lowest BCUT2D eigenvalue weighted by molar-refractivity contribution is 0.0424. The maximum atomic E-state index is 11.3. The van der Waals surface area contributed by atoms with Crippen LogP contribution in [0, 0.1) is 6.58 Å². The highest BCUT2D eigenvalue weighted by Gasteiger charge is 2.10. The van der Waals surface area contributed by atoms with Gasteiger partial charge in [-0.2, -0.15) is 0 Å². The molecule has 0 aliphatic rings. The second kappa shape index (κ2) is 4.39. The molecule has 0 amide bonds. The van der Waals surface area contributed by atoms with E-state index in [2.05, 4.69) is 0 Å². The van der Waals surface area contributed by atoms with Crippen molar-refractivity contribution in [2.75, 3.05) is 0 Å². The smallest absolute Gasteiger partial charge is 0.338 e. The number of carbonyl (C=O) groups excluding carboxylic acids is 1. The summed E-state index contributed by atoms with van der Waals surface area (Å²) in [6, 6.07) is 8.81. The fourth-order valence-corrected chi connectivity index (χ4v) is 0.850. The molecule has 0 aromatic heterocycles. The van der Waals surface area contributed by atoms with Crippen molar-refractivity contribution in [2.24, 2.45) is 0 Å². The van der Waals surface area contributed by atoms with Gasteiger partial charge in [0.15, 0.2) is 12.2 Å². The Hall–Kier alpha value is -1.66. The molecule has 1 aromatic carbocycles. The summed E-state index contributed by atoms with van der Waals surface area (Å²) in [5, 5.41) is 0. The predicted molar refractivity (Wildman–Crippen MR) is 50.2 cm³/mol. The fraction of sp³-hybridized carbons (Fsp3) is 0.182. The van der Waals surface area contributed by atoms with E-state index in [0.29, 0.717) is 5.56 Å². The van der Waals surface area contributed by atoms with Crippen molar-refractivity contribution < 1.29 is 9.53 Å². The fourth-order valence-electron chi connectivity index (χ4n) is 0.850. The molecule has 0 spiro atoms. The van der Waals surface area contributed by atoms with Crippen LogP contribution in [-0.2, 0) is 4.74 Å². The van der Waals surface area contributed by atoms with Crippen LogP contribution < -0.4 is 0 Å². The number of hydrogen-bond donors (Lipinski definition) is 0. The molecule has 0 bridgehead atoms. The molecule has 2 heteroatoms. The Labute approximate surface area is 77.8 Å². The quantitative estimate of drug-likeness (QED) is 0.520.